The van der Waals surface area contributed by atoms with Crippen molar-refractivity contribution in [2.24, 2.45) is 0 Å². The second-order valence-electron chi connectivity index (χ2n) is 12.2. The minimum atomic E-state index is 0.645. The number of furan rings is 1. The molecule has 234 valence electrons. The SMILES string of the molecule is c1ccc(-c2nc(-c3cccc(-c4cccc(-c5nc(-c6ccccc6)c6sc7ccccc7c6n5)c4)c3)nc3c2oc2ccccc23)cc1. The predicted octanol–water partition coefficient (Wildman–Crippen LogP) is 11.9. The van der Waals surface area contributed by atoms with Crippen molar-refractivity contribution in [2.75, 3.05) is 0 Å². The van der Waals surface area contributed by atoms with E-state index < -0.39 is 0 Å². The first kappa shape index (κ1) is 28.5. The Morgan fingerprint density at radius 1 is 0.400 bits per heavy atom. The van der Waals surface area contributed by atoms with Crippen LogP contribution in [0.2, 0.25) is 0 Å². The van der Waals surface area contributed by atoms with E-state index in [9.17, 15) is 0 Å². The first-order valence-electron chi connectivity index (χ1n) is 16.5. The fourth-order valence-electron chi connectivity index (χ4n) is 6.70. The smallest absolute Gasteiger partial charge is 0.180 e. The van der Waals surface area contributed by atoms with Gasteiger partial charge in [0, 0.05) is 37.7 Å². The molecule has 10 rings (SSSR count). The Hall–Kier alpha value is -6.50. The van der Waals surface area contributed by atoms with Crippen LogP contribution in [0.15, 0.2) is 162 Å². The zero-order valence-electron chi connectivity index (χ0n) is 26.6. The molecule has 5 nitrogen and oxygen atoms in total. The van der Waals surface area contributed by atoms with E-state index in [1.165, 1.54) is 4.70 Å². The summed E-state index contributed by atoms with van der Waals surface area (Å²) in [7, 11) is 0. The van der Waals surface area contributed by atoms with Crippen molar-refractivity contribution in [1.29, 1.82) is 0 Å². The number of para-hydroxylation sites is 1. The van der Waals surface area contributed by atoms with Crippen LogP contribution in [-0.4, -0.2) is 19.9 Å². The molecule has 0 radical (unpaired) electrons. The summed E-state index contributed by atoms with van der Waals surface area (Å²) in [6, 6.07) is 53.9. The Bertz CT molecular complexity index is 2680. The predicted molar refractivity (Wildman–Crippen MR) is 205 cm³/mol. The molecule has 0 atom stereocenters. The molecule has 0 aliphatic rings. The Labute approximate surface area is 291 Å². The van der Waals surface area contributed by atoms with Gasteiger partial charge in [-0.25, -0.2) is 19.9 Å². The van der Waals surface area contributed by atoms with Crippen molar-refractivity contribution in [2.45, 2.75) is 0 Å². The van der Waals surface area contributed by atoms with Crippen molar-refractivity contribution < 1.29 is 4.42 Å². The molecule has 0 aliphatic carbocycles. The number of aromatic nitrogens is 4. The Morgan fingerprint density at radius 2 is 0.920 bits per heavy atom. The molecule has 4 aromatic heterocycles. The number of benzene rings is 6. The van der Waals surface area contributed by atoms with E-state index in [0.29, 0.717) is 17.2 Å². The zero-order chi connectivity index (χ0) is 33.0. The van der Waals surface area contributed by atoms with Gasteiger partial charge in [-0.05, 0) is 41.5 Å². The lowest BCUT2D eigenvalue weighted by molar-refractivity contribution is 0.667. The van der Waals surface area contributed by atoms with E-state index in [1.54, 1.807) is 11.3 Å². The van der Waals surface area contributed by atoms with E-state index in [1.807, 2.05) is 42.5 Å². The lowest BCUT2D eigenvalue weighted by atomic mass is 10.00. The number of hydrogen-bond acceptors (Lipinski definition) is 6. The van der Waals surface area contributed by atoms with Crippen LogP contribution in [0.1, 0.15) is 0 Å². The van der Waals surface area contributed by atoms with Gasteiger partial charge >= 0.3 is 0 Å². The minimum absolute atomic E-state index is 0.645. The number of fused-ring (bicyclic) bond motifs is 6. The Morgan fingerprint density at radius 3 is 1.62 bits per heavy atom. The molecule has 0 amide bonds. The molecule has 0 fully saturated rings. The van der Waals surface area contributed by atoms with E-state index in [2.05, 4.69) is 115 Å². The van der Waals surface area contributed by atoms with Gasteiger partial charge in [0.25, 0.3) is 0 Å². The standard InChI is InChI=1S/C44H26N4OS/c1-3-13-27(14-4-1)37-41-39(33-21-7-9-23-35(33)49-41)47-43(45-37)31-19-11-17-29(25-31)30-18-12-20-32(26-30)44-46-38(28-15-5-2-6-16-28)42-40(48-44)34-22-8-10-24-36(34)50-42/h1-26H. The van der Waals surface area contributed by atoms with E-state index in [4.69, 9.17) is 24.4 Å². The largest absolute Gasteiger partial charge is 0.452 e. The van der Waals surface area contributed by atoms with Gasteiger partial charge in [-0.15, -0.1) is 11.3 Å². The maximum atomic E-state index is 6.32. The molecule has 50 heavy (non-hydrogen) atoms. The van der Waals surface area contributed by atoms with Crippen molar-refractivity contribution in [1.82, 2.24) is 19.9 Å². The van der Waals surface area contributed by atoms with Gasteiger partial charge in [-0.1, -0.05) is 127 Å². The molecule has 0 spiro atoms. The topological polar surface area (TPSA) is 64.7 Å². The van der Waals surface area contributed by atoms with Crippen molar-refractivity contribution in [3.05, 3.63) is 158 Å². The van der Waals surface area contributed by atoms with Crippen molar-refractivity contribution in [3.8, 4) is 56.4 Å². The molecular weight excluding hydrogens is 633 g/mol. The lowest BCUT2D eigenvalue weighted by Crippen LogP contribution is -1.95. The second-order valence-corrected chi connectivity index (χ2v) is 13.3. The fourth-order valence-corrected chi connectivity index (χ4v) is 7.85. The highest BCUT2D eigenvalue weighted by Gasteiger charge is 2.19. The van der Waals surface area contributed by atoms with Gasteiger partial charge in [0.1, 0.15) is 16.8 Å². The maximum absolute atomic E-state index is 6.32. The van der Waals surface area contributed by atoms with Gasteiger partial charge in [-0.3, -0.25) is 0 Å². The molecule has 0 unspecified atom stereocenters. The van der Waals surface area contributed by atoms with Crippen molar-refractivity contribution >= 4 is 53.7 Å². The molecule has 0 bridgehead atoms. The second kappa shape index (κ2) is 11.6. The number of rotatable bonds is 5. The van der Waals surface area contributed by atoms with Crippen LogP contribution in [0.5, 0.6) is 0 Å². The molecule has 4 heterocycles. The van der Waals surface area contributed by atoms with Crippen LogP contribution in [0.3, 0.4) is 0 Å². The average Bonchev–Trinajstić information content (AvgIpc) is 3.76. The molecule has 0 saturated carbocycles. The molecular formula is C44H26N4OS. The highest BCUT2D eigenvalue weighted by Crippen LogP contribution is 2.40. The summed E-state index contributed by atoms with van der Waals surface area (Å²) in [5, 5.41) is 2.12. The lowest BCUT2D eigenvalue weighted by Gasteiger charge is -2.10. The zero-order valence-corrected chi connectivity index (χ0v) is 27.4. The fraction of sp³-hybridized carbons (Fsp3) is 0. The minimum Gasteiger partial charge on any atom is -0.452 e. The third kappa shape index (κ3) is 4.77. The van der Waals surface area contributed by atoms with Gasteiger partial charge in [0.2, 0.25) is 0 Å². The third-order valence-electron chi connectivity index (χ3n) is 9.11. The monoisotopic (exact) mass is 658 g/mol. The van der Waals surface area contributed by atoms with Crippen LogP contribution < -0.4 is 0 Å². The summed E-state index contributed by atoms with van der Waals surface area (Å²) in [5.41, 5.74) is 11.0. The summed E-state index contributed by atoms with van der Waals surface area (Å²) >= 11 is 1.74. The number of thiophene rings is 1. The molecule has 0 saturated heterocycles. The summed E-state index contributed by atoms with van der Waals surface area (Å²) < 4.78 is 8.63. The van der Waals surface area contributed by atoms with Crippen LogP contribution in [0.4, 0.5) is 0 Å². The van der Waals surface area contributed by atoms with Crippen LogP contribution in [0, 0.1) is 0 Å². The van der Waals surface area contributed by atoms with Crippen LogP contribution >= 0.6 is 11.3 Å². The van der Waals surface area contributed by atoms with Crippen LogP contribution in [0.25, 0.3) is 98.8 Å². The highest BCUT2D eigenvalue weighted by molar-refractivity contribution is 7.26. The molecule has 6 aromatic carbocycles. The average molecular weight is 659 g/mol. The van der Waals surface area contributed by atoms with Gasteiger partial charge in [-0.2, -0.15) is 0 Å². The number of nitrogens with zero attached hydrogens (tertiary/aromatic N) is 4. The summed E-state index contributed by atoms with van der Waals surface area (Å²) in [6.07, 6.45) is 0. The molecule has 0 aliphatic heterocycles. The molecule has 10 aromatic rings. The van der Waals surface area contributed by atoms with E-state index in [-0.39, 0.29) is 0 Å². The third-order valence-corrected chi connectivity index (χ3v) is 10.3. The molecule has 6 heteroatoms. The summed E-state index contributed by atoms with van der Waals surface area (Å²) in [4.78, 5) is 20.6. The highest BCUT2D eigenvalue weighted by atomic mass is 32.1. The normalized spacial score (nSPS) is 11.6. The Kier molecular flexibility index (Phi) is 6.60. The quantitative estimate of drug-likeness (QED) is 0.184. The first-order valence-corrected chi connectivity index (χ1v) is 17.3. The van der Waals surface area contributed by atoms with Gasteiger partial charge in [0.05, 0.1) is 15.9 Å². The maximum Gasteiger partial charge on any atom is 0.180 e. The van der Waals surface area contributed by atoms with Crippen molar-refractivity contribution in [3.63, 3.8) is 0 Å². The van der Waals surface area contributed by atoms with Crippen LogP contribution in [-0.2, 0) is 0 Å². The molecule has 0 N–H and O–H groups in total. The summed E-state index contributed by atoms with van der Waals surface area (Å²) in [5.74, 6) is 1.34. The number of hydrogen-bond donors (Lipinski definition) is 0. The Balaban J connectivity index is 1.11. The summed E-state index contributed by atoms with van der Waals surface area (Å²) in [6.45, 7) is 0. The first-order chi connectivity index (χ1) is 24.8. The van der Waals surface area contributed by atoms with E-state index >= 15 is 0 Å². The van der Waals surface area contributed by atoms with Gasteiger partial charge < -0.3 is 4.42 Å². The van der Waals surface area contributed by atoms with E-state index in [0.717, 1.165) is 76.9 Å². The van der Waals surface area contributed by atoms with Gasteiger partial charge in [0.15, 0.2) is 17.2 Å².